The van der Waals surface area contributed by atoms with Crippen LogP contribution in [0.1, 0.15) is 25.0 Å². The SMILES string of the molecule is CC1CN(C(=O)C=Cc2c(F)cccc2Cl)C(C)CN1C(=O)C=Cc1c(F)cccc1Cl. The molecule has 1 saturated heterocycles. The van der Waals surface area contributed by atoms with Gasteiger partial charge in [-0.2, -0.15) is 0 Å². The highest BCUT2D eigenvalue weighted by Crippen LogP contribution is 2.23. The first-order valence-electron chi connectivity index (χ1n) is 10.0. The molecule has 2 aromatic carbocycles. The molecule has 0 N–H and O–H groups in total. The van der Waals surface area contributed by atoms with E-state index in [-0.39, 0.29) is 45.1 Å². The molecule has 0 aliphatic carbocycles. The largest absolute Gasteiger partial charge is 0.333 e. The minimum absolute atomic E-state index is 0.147. The van der Waals surface area contributed by atoms with Crippen molar-refractivity contribution in [2.75, 3.05) is 13.1 Å². The van der Waals surface area contributed by atoms with E-state index in [1.54, 1.807) is 21.9 Å². The van der Waals surface area contributed by atoms with Crippen molar-refractivity contribution in [2.24, 2.45) is 0 Å². The predicted molar refractivity (Wildman–Crippen MR) is 123 cm³/mol. The lowest BCUT2D eigenvalue weighted by Gasteiger charge is -2.43. The number of halogens is 4. The van der Waals surface area contributed by atoms with Crippen LogP contribution in [-0.4, -0.2) is 46.8 Å². The van der Waals surface area contributed by atoms with Crippen LogP contribution in [0.5, 0.6) is 0 Å². The Balaban J connectivity index is 1.68. The van der Waals surface area contributed by atoms with Gasteiger partial charge in [-0.1, -0.05) is 35.3 Å². The van der Waals surface area contributed by atoms with Gasteiger partial charge in [0.05, 0.1) is 10.0 Å². The molecule has 1 heterocycles. The molecule has 2 unspecified atom stereocenters. The zero-order chi connectivity index (χ0) is 23.4. The van der Waals surface area contributed by atoms with E-state index in [0.717, 1.165) is 0 Å². The fraction of sp³-hybridized carbons (Fsp3) is 0.250. The second kappa shape index (κ2) is 10.3. The van der Waals surface area contributed by atoms with Crippen LogP contribution in [0.2, 0.25) is 10.0 Å². The number of nitrogens with zero attached hydrogens (tertiary/aromatic N) is 2. The first-order valence-corrected chi connectivity index (χ1v) is 10.8. The average molecular weight is 479 g/mol. The molecule has 0 aromatic heterocycles. The normalized spacial score (nSPS) is 19.2. The quantitative estimate of drug-likeness (QED) is 0.548. The van der Waals surface area contributed by atoms with Crippen molar-refractivity contribution in [3.8, 4) is 0 Å². The van der Waals surface area contributed by atoms with Gasteiger partial charge < -0.3 is 9.80 Å². The second-order valence-electron chi connectivity index (χ2n) is 7.62. The molecule has 4 nitrogen and oxygen atoms in total. The van der Waals surface area contributed by atoms with Crippen LogP contribution < -0.4 is 0 Å². The highest BCUT2D eigenvalue weighted by molar-refractivity contribution is 6.32. The Labute approximate surface area is 195 Å². The Morgan fingerprint density at radius 2 is 1.19 bits per heavy atom. The van der Waals surface area contributed by atoms with Crippen molar-refractivity contribution in [3.63, 3.8) is 0 Å². The molecule has 168 valence electrons. The second-order valence-corrected chi connectivity index (χ2v) is 8.43. The minimum atomic E-state index is -0.514. The lowest BCUT2D eigenvalue weighted by Crippen LogP contribution is -2.59. The van der Waals surface area contributed by atoms with Crippen LogP contribution in [0.15, 0.2) is 48.6 Å². The molecule has 3 rings (SSSR count). The zero-order valence-corrected chi connectivity index (χ0v) is 19.1. The monoisotopic (exact) mass is 478 g/mol. The maximum Gasteiger partial charge on any atom is 0.246 e. The molecule has 8 heteroatoms. The van der Waals surface area contributed by atoms with Crippen LogP contribution in [0, 0.1) is 11.6 Å². The molecule has 0 bridgehead atoms. The van der Waals surface area contributed by atoms with E-state index >= 15 is 0 Å². The fourth-order valence-electron chi connectivity index (χ4n) is 3.58. The third-order valence-electron chi connectivity index (χ3n) is 5.34. The Hall–Kier alpha value is -2.70. The molecule has 0 radical (unpaired) electrons. The fourth-order valence-corrected chi connectivity index (χ4v) is 4.03. The topological polar surface area (TPSA) is 40.6 Å². The van der Waals surface area contributed by atoms with Crippen molar-refractivity contribution in [1.29, 1.82) is 0 Å². The van der Waals surface area contributed by atoms with E-state index in [1.807, 2.05) is 13.8 Å². The summed E-state index contributed by atoms with van der Waals surface area (Å²) in [4.78, 5) is 28.7. The molecule has 2 aromatic rings. The Kier molecular flexibility index (Phi) is 7.69. The van der Waals surface area contributed by atoms with Crippen LogP contribution in [-0.2, 0) is 9.59 Å². The van der Waals surface area contributed by atoms with E-state index in [1.165, 1.54) is 48.6 Å². The number of hydrogen-bond acceptors (Lipinski definition) is 2. The molecular formula is C24H22Cl2F2N2O2. The standard InChI is InChI=1S/C24H22Cl2F2N2O2/c1-15-13-30(24(32)12-10-18-20(26)6-4-8-22(18)28)16(2)14-29(15)23(31)11-9-17-19(25)5-3-7-21(17)27/h3-12,15-16H,13-14H2,1-2H3. The molecule has 2 atom stereocenters. The Bertz CT molecular complexity index is 962. The summed E-state index contributed by atoms with van der Waals surface area (Å²) in [5, 5.41) is 0.431. The summed E-state index contributed by atoms with van der Waals surface area (Å²) in [6.45, 7) is 4.25. The van der Waals surface area contributed by atoms with Crippen LogP contribution >= 0.6 is 23.2 Å². The van der Waals surface area contributed by atoms with E-state index < -0.39 is 11.6 Å². The summed E-state index contributed by atoms with van der Waals surface area (Å²) in [5.74, 6) is -1.63. The van der Waals surface area contributed by atoms with E-state index in [4.69, 9.17) is 23.2 Å². The predicted octanol–water partition coefficient (Wildman–Crippen LogP) is 5.45. The summed E-state index contributed by atoms with van der Waals surface area (Å²) >= 11 is 12.0. The Morgan fingerprint density at radius 1 is 0.812 bits per heavy atom. The number of carbonyl (C=O) groups excluding carboxylic acids is 2. The Morgan fingerprint density at radius 3 is 1.53 bits per heavy atom. The first kappa shape index (κ1) is 24.0. The molecule has 0 saturated carbocycles. The lowest BCUT2D eigenvalue weighted by atomic mass is 10.1. The molecule has 32 heavy (non-hydrogen) atoms. The number of rotatable bonds is 4. The van der Waals surface area contributed by atoms with Gasteiger partial charge in [-0.25, -0.2) is 8.78 Å². The molecular weight excluding hydrogens is 457 g/mol. The van der Waals surface area contributed by atoms with Crippen molar-refractivity contribution < 1.29 is 18.4 Å². The van der Waals surface area contributed by atoms with Gasteiger partial charge in [0, 0.05) is 48.5 Å². The van der Waals surface area contributed by atoms with Crippen LogP contribution in [0.25, 0.3) is 12.2 Å². The molecule has 1 fully saturated rings. The summed E-state index contributed by atoms with van der Waals surface area (Å²) in [5.41, 5.74) is 0.294. The summed E-state index contributed by atoms with van der Waals surface area (Å²) in [6.07, 6.45) is 5.28. The maximum absolute atomic E-state index is 13.9. The van der Waals surface area contributed by atoms with Gasteiger partial charge in [-0.15, -0.1) is 0 Å². The first-order chi connectivity index (χ1) is 15.2. The van der Waals surface area contributed by atoms with Gasteiger partial charge in [0.1, 0.15) is 11.6 Å². The van der Waals surface area contributed by atoms with Crippen LogP contribution in [0.4, 0.5) is 8.78 Å². The molecule has 1 aliphatic heterocycles. The highest BCUT2D eigenvalue weighted by Gasteiger charge is 2.33. The average Bonchev–Trinajstić information content (AvgIpc) is 2.74. The van der Waals surface area contributed by atoms with Crippen molar-refractivity contribution >= 4 is 47.2 Å². The minimum Gasteiger partial charge on any atom is -0.333 e. The van der Waals surface area contributed by atoms with E-state index in [9.17, 15) is 18.4 Å². The number of carbonyl (C=O) groups is 2. The molecule has 2 amide bonds. The smallest absolute Gasteiger partial charge is 0.246 e. The van der Waals surface area contributed by atoms with Crippen molar-refractivity contribution in [1.82, 2.24) is 9.80 Å². The number of benzene rings is 2. The van der Waals surface area contributed by atoms with Gasteiger partial charge in [-0.05, 0) is 50.3 Å². The summed E-state index contributed by atoms with van der Waals surface area (Å²) in [6, 6.07) is 8.08. The van der Waals surface area contributed by atoms with Crippen molar-refractivity contribution in [3.05, 3.63) is 81.4 Å². The third kappa shape index (κ3) is 5.37. The van der Waals surface area contributed by atoms with E-state index in [2.05, 4.69) is 0 Å². The molecule has 0 spiro atoms. The van der Waals surface area contributed by atoms with Gasteiger partial charge in [0.15, 0.2) is 0 Å². The van der Waals surface area contributed by atoms with Gasteiger partial charge in [0.2, 0.25) is 11.8 Å². The zero-order valence-electron chi connectivity index (χ0n) is 17.6. The summed E-state index contributed by atoms with van der Waals surface area (Å²) < 4.78 is 27.8. The lowest BCUT2D eigenvalue weighted by molar-refractivity contribution is -0.139. The summed E-state index contributed by atoms with van der Waals surface area (Å²) in [7, 11) is 0. The van der Waals surface area contributed by atoms with Crippen molar-refractivity contribution in [2.45, 2.75) is 25.9 Å². The number of hydrogen-bond donors (Lipinski definition) is 0. The van der Waals surface area contributed by atoms with E-state index in [0.29, 0.717) is 13.1 Å². The van der Waals surface area contributed by atoms with Gasteiger partial charge in [-0.3, -0.25) is 9.59 Å². The number of piperazine rings is 1. The maximum atomic E-state index is 13.9. The van der Waals surface area contributed by atoms with Crippen LogP contribution in [0.3, 0.4) is 0 Å². The molecule has 1 aliphatic rings. The van der Waals surface area contributed by atoms with Gasteiger partial charge >= 0.3 is 0 Å². The third-order valence-corrected chi connectivity index (χ3v) is 6.00. The highest BCUT2D eigenvalue weighted by atomic mass is 35.5. The van der Waals surface area contributed by atoms with Gasteiger partial charge in [0.25, 0.3) is 0 Å². The number of amides is 2.